The molecule has 34 heavy (non-hydrogen) atoms. The summed E-state index contributed by atoms with van der Waals surface area (Å²) in [6.07, 6.45) is 5.21. The van der Waals surface area contributed by atoms with Crippen LogP contribution in [0, 0.1) is 6.92 Å². The second-order valence-electron chi connectivity index (χ2n) is 7.84. The van der Waals surface area contributed by atoms with Crippen LogP contribution in [0.25, 0.3) is 5.52 Å². The lowest BCUT2D eigenvalue weighted by Crippen LogP contribution is -2.39. The van der Waals surface area contributed by atoms with E-state index in [0.29, 0.717) is 30.5 Å². The van der Waals surface area contributed by atoms with E-state index in [1.54, 1.807) is 24.2 Å². The normalized spacial score (nSPS) is 16.4. The predicted octanol–water partition coefficient (Wildman–Crippen LogP) is 4.50. The average Bonchev–Trinajstić information content (AvgIpc) is 3.29. The molecule has 2 aromatic carbocycles. The smallest absolute Gasteiger partial charge is 0.167 e. The highest BCUT2D eigenvalue weighted by Crippen LogP contribution is 2.43. The monoisotopic (exact) mass is 479 g/mol. The van der Waals surface area contributed by atoms with Crippen LogP contribution in [0.2, 0.25) is 0 Å². The fraction of sp³-hybridized carbons (Fsp3) is 0.200. The first-order valence-electron chi connectivity index (χ1n) is 10.7. The molecule has 176 valence electrons. The van der Waals surface area contributed by atoms with Crippen molar-refractivity contribution in [1.29, 1.82) is 0 Å². The van der Waals surface area contributed by atoms with Gasteiger partial charge in [-0.15, -0.1) is 12.4 Å². The molecule has 0 saturated carbocycles. The van der Waals surface area contributed by atoms with Crippen LogP contribution in [0.4, 0.5) is 5.69 Å². The molecule has 0 aliphatic carbocycles. The summed E-state index contributed by atoms with van der Waals surface area (Å²) in [6, 6.07) is 17.4. The van der Waals surface area contributed by atoms with Gasteiger partial charge in [0.25, 0.3) is 0 Å². The molecule has 0 amide bonds. The minimum absolute atomic E-state index is 0. The molecule has 9 heteroatoms. The molecule has 5 rings (SSSR count). The molecular formula is C25H26ClN5O3. The fourth-order valence-corrected chi connectivity index (χ4v) is 3.95. The van der Waals surface area contributed by atoms with Gasteiger partial charge in [-0.3, -0.25) is 5.73 Å². The van der Waals surface area contributed by atoms with Gasteiger partial charge in [-0.05, 0) is 48.9 Å². The Hall–Kier alpha value is -3.59. The van der Waals surface area contributed by atoms with Gasteiger partial charge < -0.3 is 19.5 Å². The van der Waals surface area contributed by atoms with Gasteiger partial charge in [-0.25, -0.2) is 9.51 Å². The van der Waals surface area contributed by atoms with Gasteiger partial charge in [-0.1, -0.05) is 18.2 Å². The van der Waals surface area contributed by atoms with Gasteiger partial charge in [0.2, 0.25) is 0 Å². The van der Waals surface area contributed by atoms with Crippen LogP contribution in [0.1, 0.15) is 16.7 Å². The number of halogens is 1. The maximum absolute atomic E-state index is 7.00. The van der Waals surface area contributed by atoms with Gasteiger partial charge in [0.15, 0.2) is 5.66 Å². The zero-order valence-electron chi connectivity index (χ0n) is 18.9. The molecular weight excluding hydrogens is 454 g/mol. The standard InChI is InChI=1S/C25H25N5O3.ClH/c1-17-4-3-5-21(24(17)33-20-7-6-18-10-11-29-30(18)15-20)25(26)22-14-19(32-13-12-31-2)8-9-23(22)27-16-28-25;/h3-11,14-16H,12-13,26H2,1-2H3,(H,27,28);1H. The number of fused-ring (bicyclic) bond motifs is 2. The summed E-state index contributed by atoms with van der Waals surface area (Å²) in [4.78, 5) is 4.66. The number of nitrogens with two attached hydrogens (primary N) is 1. The Bertz CT molecular complexity index is 1340. The Morgan fingerprint density at radius 3 is 2.74 bits per heavy atom. The van der Waals surface area contributed by atoms with Crippen LogP contribution in [0.15, 0.2) is 72.0 Å². The summed E-state index contributed by atoms with van der Waals surface area (Å²) in [7, 11) is 1.64. The number of nitrogens with one attached hydrogen (secondary N) is 1. The third-order valence-electron chi connectivity index (χ3n) is 5.66. The van der Waals surface area contributed by atoms with Crippen molar-refractivity contribution in [3.63, 3.8) is 0 Å². The largest absolute Gasteiger partial charge is 0.491 e. The average molecular weight is 480 g/mol. The zero-order chi connectivity index (χ0) is 22.8. The number of aryl methyl sites for hydroxylation is 1. The third kappa shape index (κ3) is 4.31. The SMILES string of the molecule is COCCOc1ccc2c(c1)C(N)(c1cccc(C)c1Oc1ccc3ccnn3c1)N=CN2.Cl. The van der Waals surface area contributed by atoms with E-state index in [2.05, 4.69) is 15.4 Å². The molecule has 2 aromatic heterocycles. The Kier molecular flexibility index (Phi) is 6.74. The van der Waals surface area contributed by atoms with E-state index in [4.69, 9.17) is 19.9 Å². The lowest BCUT2D eigenvalue weighted by molar-refractivity contribution is 0.146. The number of aromatic nitrogens is 2. The molecule has 8 nitrogen and oxygen atoms in total. The first kappa shape index (κ1) is 23.6. The van der Waals surface area contributed by atoms with Crippen LogP contribution in [0.3, 0.4) is 0 Å². The highest BCUT2D eigenvalue weighted by atomic mass is 35.5. The minimum atomic E-state index is -1.17. The molecule has 0 radical (unpaired) electrons. The number of benzene rings is 2. The predicted molar refractivity (Wildman–Crippen MR) is 135 cm³/mol. The molecule has 0 saturated heterocycles. The minimum Gasteiger partial charge on any atom is -0.491 e. The number of para-hydroxylation sites is 1. The van der Waals surface area contributed by atoms with Gasteiger partial charge in [0.05, 0.1) is 24.7 Å². The topological polar surface area (TPSA) is 95.4 Å². The highest BCUT2D eigenvalue weighted by Gasteiger charge is 2.37. The molecule has 3 heterocycles. The number of anilines is 1. The molecule has 1 aliphatic rings. The van der Waals surface area contributed by atoms with E-state index in [9.17, 15) is 0 Å². The Labute approximate surface area is 203 Å². The van der Waals surface area contributed by atoms with Gasteiger partial charge in [0.1, 0.15) is 23.9 Å². The molecule has 3 N–H and O–H groups in total. The fourth-order valence-electron chi connectivity index (χ4n) is 3.95. The number of hydrogen-bond donors (Lipinski definition) is 2. The van der Waals surface area contributed by atoms with Gasteiger partial charge in [0, 0.05) is 30.1 Å². The zero-order valence-corrected chi connectivity index (χ0v) is 19.7. The maximum atomic E-state index is 7.00. The second-order valence-corrected chi connectivity index (χ2v) is 7.84. The molecule has 0 spiro atoms. The summed E-state index contributed by atoms with van der Waals surface area (Å²) < 4.78 is 19.1. The van der Waals surface area contributed by atoms with Crippen molar-refractivity contribution in [2.24, 2.45) is 10.7 Å². The summed E-state index contributed by atoms with van der Waals surface area (Å²) in [5, 5.41) is 7.48. The highest BCUT2D eigenvalue weighted by molar-refractivity contribution is 5.85. The van der Waals surface area contributed by atoms with E-state index in [0.717, 1.165) is 27.9 Å². The van der Waals surface area contributed by atoms with Crippen molar-refractivity contribution < 1.29 is 14.2 Å². The summed E-state index contributed by atoms with van der Waals surface area (Å²) >= 11 is 0. The molecule has 0 bridgehead atoms. The van der Waals surface area contributed by atoms with E-state index >= 15 is 0 Å². The van der Waals surface area contributed by atoms with Crippen LogP contribution in [-0.2, 0) is 10.4 Å². The van der Waals surface area contributed by atoms with E-state index in [-0.39, 0.29) is 12.4 Å². The van der Waals surface area contributed by atoms with Crippen LogP contribution < -0.4 is 20.5 Å². The van der Waals surface area contributed by atoms with Crippen molar-refractivity contribution >= 4 is 29.9 Å². The first-order valence-corrected chi connectivity index (χ1v) is 10.7. The lowest BCUT2D eigenvalue weighted by atomic mass is 9.88. The number of rotatable bonds is 7. The number of hydrogen-bond acceptors (Lipinski definition) is 7. The summed E-state index contributed by atoms with van der Waals surface area (Å²) in [6.45, 7) is 2.93. The quantitative estimate of drug-likeness (QED) is 0.379. The van der Waals surface area contributed by atoms with Crippen LogP contribution >= 0.6 is 12.4 Å². The van der Waals surface area contributed by atoms with E-state index in [1.165, 1.54) is 0 Å². The third-order valence-corrected chi connectivity index (χ3v) is 5.66. The van der Waals surface area contributed by atoms with E-state index in [1.807, 2.05) is 67.7 Å². The molecule has 1 atom stereocenters. The Morgan fingerprint density at radius 1 is 1.03 bits per heavy atom. The van der Waals surface area contributed by atoms with Crippen LogP contribution in [-0.4, -0.2) is 36.3 Å². The number of pyridine rings is 1. The van der Waals surface area contributed by atoms with Crippen LogP contribution in [0.5, 0.6) is 17.2 Å². The van der Waals surface area contributed by atoms with E-state index < -0.39 is 5.66 Å². The van der Waals surface area contributed by atoms with Crippen molar-refractivity contribution in [3.8, 4) is 17.2 Å². The van der Waals surface area contributed by atoms with Crippen molar-refractivity contribution in [2.75, 3.05) is 25.6 Å². The summed E-state index contributed by atoms with van der Waals surface area (Å²) in [5.41, 5.74) is 10.2. The van der Waals surface area contributed by atoms with Crippen molar-refractivity contribution in [3.05, 3.63) is 83.7 Å². The first-order chi connectivity index (χ1) is 16.1. The maximum Gasteiger partial charge on any atom is 0.167 e. The summed E-state index contributed by atoms with van der Waals surface area (Å²) in [5.74, 6) is 2.00. The second kappa shape index (κ2) is 9.72. The number of aliphatic imine (C=N–C) groups is 1. The Morgan fingerprint density at radius 2 is 1.88 bits per heavy atom. The lowest BCUT2D eigenvalue weighted by Gasteiger charge is -2.33. The number of ether oxygens (including phenoxy) is 3. The number of methoxy groups -OCH3 is 1. The van der Waals surface area contributed by atoms with Crippen molar-refractivity contribution in [2.45, 2.75) is 12.6 Å². The molecule has 0 fully saturated rings. The van der Waals surface area contributed by atoms with Gasteiger partial charge >= 0.3 is 0 Å². The molecule has 1 aliphatic heterocycles. The van der Waals surface area contributed by atoms with Gasteiger partial charge in [-0.2, -0.15) is 5.10 Å². The molecule has 4 aromatic rings. The number of nitrogens with zero attached hydrogens (tertiary/aromatic N) is 3. The molecule has 1 unspecified atom stereocenters. The Balaban J connectivity index is 0.00000274. The van der Waals surface area contributed by atoms with Crippen molar-refractivity contribution in [1.82, 2.24) is 9.61 Å².